The van der Waals surface area contributed by atoms with Gasteiger partial charge in [0.1, 0.15) is 0 Å². The molecule has 1 heterocycles. The quantitative estimate of drug-likeness (QED) is 0.753. The molecule has 2 amide bonds. The number of benzene rings is 1. The van der Waals surface area contributed by atoms with E-state index in [1.165, 1.54) is 11.1 Å². The molecule has 0 N–H and O–H groups in total. The molecule has 5 nitrogen and oxygen atoms in total. The number of carbonyl (C=O) groups is 2. The number of hydrogen-bond donors (Lipinski definition) is 0. The van der Waals surface area contributed by atoms with E-state index in [1.807, 2.05) is 4.90 Å². The third-order valence-corrected chi connectivity index (χ3v) is 4.36. The van der Waals surface area contributed by atoms with Crippen molar-refractivity contribution < 1.29 is 14.3 Å². The van der Waals surface area contributed by atoms with Gasteiger partial charge in [-0.1, -0.05) is 43.2 Å². The van der Waals surface area contributed by atoms with Crippen molar-refractivity contribution >= 4 is 12.0 Å². The van der Waals surface area contributed by atoms with Gasteiger partial charge in [0.2, 0.25) is 5.91 Å². The highest BCUT2D eigenvalue weighted by Crippen LogP contribution is 2.10. The normalized spacial score (nSPS) is 14.6. The minimum Gasteiger partial charge on any atom is -0.449 e. The zero-order chi connectivity index (χ0) is 17.4. The first-order valence-corrected chi connectivity index (χ1v) is 8.85. The van der Waals surface area contributed by atoms with E-state index in [4.69, 9.17) is 4.74 Å². The van der Waals surface area contributed by atoms with E-state index in [0.717, 1.165) is 19.3 Å². The van der Waals surface area contributed by atoms with Gasteiger partial charge in [0.15, 0.2) is 0 Å². The monoisotopic (exact) mass is 332 g/mol. The Morgan fingerprint density at radius 3 is 2.29 bits per heavy atom. The van der Waals surface area contributed by atoms with Crippen molar-refractivity contribution in [1.82, 2.24) is 9.80 Å². The van der Waals surface area contributed by atoms with Gasteiger partial charge in [-0.05, 0) is 25.3 Å². The Hall–Kier alpha value is -2.04. The van der Waals surface area contributed by atoms with Gasteiger partial charge < -0.3 is 14.5 Å². The molecule has 1 aliphatic rings. The highest BCUT2D eigenvalue weighted by atomic mass is 16.6. The van der Waals surface area contributed by atoms with Crippen molar-refractivity contribution in [3.8, 4) is 0 Å². The zero-order valence-electron chi connectivity index (χ0n) is 14.8. The van der Waals surface area contributed by atoms with Crippen LogP contribution in [0.15, 0.2) is 24.3 Å². The van der Waals surface area contributed by atoms with E-state index >= 15 is 0 Å². The molecule has 24 heavy (non-hydrogen) atoms. The summed E-state index contributed by atoms with van der Waals surface area (Å²) in [5.41, 5.74) is 2.42. The SMILES string of the molecule is CCCCOC(=O)N1CCN(C(=O)CCc2ccc(C)cc2)CC1. The van der Waals surface area contributed by atoms with E-state index in [0.29, 0.717) is 39.2 Å². The van der Waals surface area contributed by atoms with E-state index < -0.39 is 0 Å². The third-order valence-electron chi connectivity index (χ3n) is 4.36. The Morgan fingerprint density at radius 1 is 1.04 bits per heavy atom. The second kappa shape index (κ2) is 9.30. The Balaban J connectivity index is 1.70. The molecule has 2 rings (SSSR count). The zero-order valence-corrected chi connectivity index (χ0v) is 14.8. The number of nitrogens with zero attached hydrogens (tertiary/aromatic N) is 2. The average Bonchev–Trinajstić information content (AvgIpc) is 2.61. The first-order valence-electron chi connectivity index (χ1n) is 8.85. The Bertz CT molecular complexity index is 534. The summed E-state index contributed by atoms with van der Waals surface area (Å²) in [7, 11) is 0. The number of rotatable bonds is 6. The van der Waals surface area contributed by atoms with Crippen LogP contribution in [0.3, 0.4) is 0 Å². The maximum atomic E-state index is 12.3. The lowest BCUT2D eigenvalue weighted by atomic mass is 10.1. The molecule has 1 aromatic rings. The predicted molar refractivity (Wildman–Crippen MR) is 93.9 cm³/mol. The first kappa shape index (κ1) is 18.3. The maximum absolute atomic E-state index is 12.3. The molecule has 5 heteroatoms. The molecule has 0 aliphatic carbocycles. The molecule has 0 atom stereocenters. The molecule has 0 radical (unpaired) electrons. The third kappa shape index (κ3) is 5.55. The maximum Gasteiger partial charge on any atom is 0.409 e. The Morgan fingerprint density at radius 2 is 1.67 bits per heavy atom. The van der Waals surface area contributed by atoms with Gasteiger partial charge in [-0.15, -0.1) is 0 Å². The summed E-state index contributed by atoms with van der Waals surface area (Å²) in [5, 5.41) is 0. The summed E-state index contributed by atoms with van der Waals surface area (Å²) in [6, 6.07) is 8.30. The number of hydrogen-bond acceptors (Lipinski definition) is 3. The summed E-state index contributed by atoms with van der Waals surface area (Å²) in [5.74, 6) is 0.162. The standard InChI is InChI=1S/C19H28N2O3/c1-3-4-15-24-19(23)21-13-11-20(12-14-21)18(22)10-9-17-7-5-16(2)6-8-17/h5-8H,3-4,9-15H2,1-2H3. The molecule has 1 saturated heterocycles. The summed E-state index contributed by atoms with van der Waals surface area (Å²) in [6.07, 6.45) is 2.93. The van der Waals surface area contributed by atoms with Crippen molar-refractivity contribution in [3.05, 3.63) is 35.4 Å². The number of ether oxygens (including phenoxy) is 1. The van der Waals surface area contributed by atoms with Gasteiger partial charge in [0, 0.05) is 32.6 Å². The Kier molecular flexibility index (Phi) is 7.09. The molecule has 0 unspecified atom stereocenters. The molecule has 0 aromatic heterocycles. The average molecular weight is 332 g/mol. The molecule has 1 aliphatic heterocycles. The molecule has 0 spiro atoms. The second-order valence-corrected chi connectivity index (χ2v) is 6.32. The van der Waals surface area contributed by atoms with Gasteiger partial charge in [0.05, 0.1) is 6.61 Å². The lowest BCUT2D eigenvalue weighted by Crippen LogP contribution is -2.50. The fourth-order valence-corrected chi connectivity index (χ4v) is 2.70. The summed E-state index contributed by atoms with van der Waals surface area (Å²) in [4.78, 5) is 27.7. The van der Waals surface area contributed by atoms with E-state index in [-0.39, 0.29) is 12.0 Å². The van der Waals surface area contributed by atoms with Crippen LogP contribution >= 0.6 is 0 Å². The molecular weight excluding hydrogens is 304 g/mol. The lowest BCUT2D eigenvalue weighted by molar-refractivity contribution is -0.132. The fourth-order valence-electron chi connectivity index (χ4n) is 2.70. The van der Waals surface area contributed by atoms with Gasteiger partial charge in [0.25, 0.3) is 0 Å². The Labute approximate surface area is 144 Å². The first-order chi connectivity index (χ1) is 11.6. The van der Waals surface area contributed by atoms with Gasteiger partial charge >= 0.3 is 6.09 Å². The molecule has 1 aromatic carbocycles. The van der Waals surface area contributed by atoms with Crippen LogP contribution in [0.5, 0.6) is 0 Å². The highest BCUT2D eigenvalue weighted by Gasteiger charge is 2.24. The minimum absolute atomic E-state index is 0.162. The highest BCUT2D eigenvalue weighted by molar-refractivity contribution is 5.77. The largest absolute Gasteiger partial charge is 0.449 e. The number of amides is 2. The van der Waals surface area contributed by atoms with Crippen LogP contribution in [0.1, 0.15) is 37.3 Å². The van der Waals surface area contributed by atoms with Crippen LogP contribution in [-0.4, -0.2) is 54.6 Å². The molecular formula is C19H28N2O3. The smallest absolute Gasteiger partial charge is 0.409 e. The van der Waals surface area contributed by atoms with E-state index in [2.05, 4.69) is 38.1 Å². The van der Waals surface area contributed by atoms with Crippen LogP contribution in [0.25, 0.3) is 0 Å². The van der Waals surface area contributed by atoms with Crippen molar-refractivity contribution in [3.63, 3.8) is 0 Å². The van der Waals surface area contributed by atoms with Crippen molar-refractivity contribution in [2.24, 2.45) is 0 Å². The molecule has 1 fully saturated rings. The van der Waals surface area contributed by atoms with E-state index in [1.54, 1.807) is 4.90 Å². The lowest BCUT2D eigenvalue weighted by Gasteiger charge is -2.34. The number of aryl methyl sites for hydroxylation is 2. The summed E-state index contributed by atoms with van der Waals surface area (Å²) < 4.78 is 5.22. The van der Waals surface area contributed by atoms with Crippen molar-refractivity contribution in [1.29, 1.82) is 0 Å². The van der Waals surface area contributed by atoms with Crippen LogP contribution in [0.2, 0.25) is 0 Å². The van der Waals surface area contributed by atoms with Crippen LogP contribution in [0, 0.1) is 6.92 Å². The van der Waals surface area contributed by atoms with Gasteiger partial charge in [-0.25, -0.2) is 4.79 Å². The van der Waals surface area contributed by atoms with Crippen LogP contribution < -0.4 is 0 Å². The van der Waals surface area contributed by atoms with E-state index in [9.17, 15) is 9.59 Å². The van der Waals surface area contributed by atoms with Crippen LogP contribution in [-0.2, 0) is 16.0 Å². The van der Waals surface area contributed by atoms with Gasteiger partial charge in [-0.3, -0.25) is 4.79 Å². The molecule has 0 saturated carbocycles. The summed E-state index contributed by atoms with van der Waals surface area (Å²) >= 11 is 0. The minimum atomic E-state index is -0.254. The predicted octanol–water partition coefficient (Wildman–Crippen LogP) is 3.01. The van der Waals surface area contributed by atoms with Crippen molar-refractivity contribution in [2.75, 3.05) is 32.8 Å². The van der Waals surface area contributed by atoms with Gasteiger partial charge in [-0.2, -0.15) is 0 Å². The topological polar surface area (TPSA) is 49.9 Å². The number of carbonyl (C=O) groups excluding carboxylic acids is 2. The summed E-state index contributed by atoms with van der Waals surface area (Å²) in [6.45, 7) is 6.90. The number of unbranched alkanes of at least 4 members (excludes halogenated alkanes) is 1. The molecule has 0 bridgehead atoms. The van der Waals surface area contributed by atoms with Crippen LogP contribution in [0.4, 0.5) is 4.79 Å². The van der Waals surface area contributed by atoms with Crippen molar-refractivity contribution in [2.45, 2.75) is 39.5 Å². The fraction of sp³-hybridized carbons (Fsp3) is 0.579. The number of piperazine rings is 1. The second-order valence-electron chi connectivity index (χ2n) is 6.32. The molecule has 132 valence electrons.